The molecule has 3 aromatic rings. The number of nitrogens with one attached hydrogen (secondary N) is 1. The normalized spacial score (nSPS) is 11.3. The van der Waals surface area contributed by atoms with Gasteiger partial charge in [-0.15, -0.1) is 0 Å². The van der Waals surface area contributed by atoms with Gasteiger partial charge in [-0.3, -0.25) is 14.5 Å². The molecule has 7 nitrogen and oxygen atoms in total. The molecule has 0 unspecified atom stereocenters. The Labute approximate surface area is 164 Å². The van der Waals surface area contributed by atoms with E-state index in [2.05, 4.69) is 15.4 Å². The van der Waals surface area contributed by atoms with Gasteiger partial charge in [0.15, 0.2) is 0 Å². The number of carbonyl (C=O) groups excluding carboxylic acids is 1. The molecule has 3 N–H and O–H groups in total. The molecule has 0 aliphatic heterocycles. The van der Waals surface area contributed by atoms with Gasteiger partial charge in [-0.25, -0.2) is 0 Å². The van der Waals surface area contributed by atoms with Gasteiger partial charge < -0.3 is 15.8 Å². The molecule has 0 fully saturated rings. The van der Waals surface area contributed by atoms with Crippen molar-refractivity contribution in [3.8, 4) is 17.0 Å². The summed E-state index contributed by atoms with van der Waals surface area (Å²) in [5.41, 5.74) is 6.31. The number of aromatic nitrogens is 3. The third-order valence-electron chi connectivity index (χ3n) is 4.03. The predicted molar refractivity (Wildman–Crippen MR) is 100 cm³/mol. The summed E-state index contributed by atoms with van der Waals surface area (Å²) in [5.74, 6) is -0.0222. The van der Waals surface area contributed by atoms with E-state index < -0.39 is 17.8 Å². The summed E-state index contributed by atoms with van der Waals surface area (Å²) < 4.78 is 45.2. The molecule has 0 radical (unpaired) electrons. The predicted octanol–water partition coefficient (Wildman–Crippen LogP) is 3.09. The van der Waals surface area contributed by atoms with Crippen molar-refractivity contribution in [2.75, 3.05) is 18.5 Å². The second-order valence-electron chi connectivity index (χ2n) is 6.07. The average molecular weight is 405 g/mol. The number of nitrogens with two attached hydrogens (primary N) is 1. The zero-order valence-corrected chi connectivity index (χ0v) is 15.4. The van der Waals surface area contributed by atoms with Crippen molar-refractivity contribution >= 4 is 11.6 Å². The fourth-order valence-corrected chi connectivity index (χ4v) is 2.64. The summed E-state index contributed by atoms with van der Waals surface area (Å²) in [5, 5.41) is 6.78. The van der Waals surface area contributed by atoms with Crippen LogP contribution in [0.1, 0.15) is 16.1 Å². The van der Waals surface area contributed by atoms with Gasteiger partial charge in [-0.05, 0) is 36.4 Å². The van der Waals surface area contributed by atoms with Gasteiger partial charge in [0.2, 0.25) is 0 Å². The number of pyridine rings is 1. The van der Waals surface area contributed by atoms with E-state index in [4.69, 9.17) is 10.5 Å². The SMILES string of the molecule is Cn1nccc1-c1cc(NC(=O)c2ccc(C(F)(F)F)nc2)ccc1OCCN. The first kappa shape index (κ1) is 20.3. The van der Waals surface area contributed by atoms with Crippen molar-refractivity contribution in [1.82, 2.24) is 14.8 Å². The summed E-state index contributed by atoms with van der Waals surface area (Å²) in [4.78, 5) is 15.7. The summed E-state index contributed by atoms with van der Waals surface area (Å²) >= 11 is 0. The third kappa shape index (κ3) is 4.72. The van der Waals surface area contributed by atoms with E-state index in [1.807, 2.05) is 0 Å². The highest BCUT2D eigenvalue weighted by atomic mass is 19.4. The molecule has 2 aromatic heterocycles. The topological polar surface area (TPSA) is 95.1 Å². The maximum Gasteiger partial charge on any atom is 0.433 e. The number of halogens is 3. The Morgan fingerprint density at radius 1 is 1.24 bits per heavy atom. The second kappa shape index (κ2) is 8.31. The average Bonchev–Trinajstić information content (AvgIpc) is 3.12. The number of amides is 1. The molecule has 152 valence electrons. The number of ether oxygens (including phenoxy) is 1. The highest BCUT2D eigenvalue weighted by Gasteiger charge is 2.32. The first-order valence-electron chi connectivity index (χ1n) is 8.59. The van der Waals surface area contributed by atoms with Crippen LogP contribution in [0.4, 0.5) is 18.9 Å². The highest BCUT2D eigenvalue weighted by Crippen LogP contribution is 2.33. The molecule has 0 aliphatic rings. The zero-order chi connectivity index (χ0) is 21.0. The third-order valence-corrected chi connectivity index (χ3v) is 4.03. The van der Waals surface area contributed by atoms with Crippen LogP contribution in [0.5, 0.6) is 5.75 Å². The number of benzene rings is 1. The molecule has 1 aromatic carbocycles. The van der Waals surface area contributed by atoms with Crippen LogP contribution in [-0.2, 0) is 13.2 Å². The maximum atomic E-state index is 12.6. The smallest absolute Gasteiger partial charge is 0.433 e. The van der Waals surface area contributed by atoms with Gasteiger partial charge >= 0.3 is 6.18 Å². The molecule has 0 aliphatic carbocycles. The quantitative estimate of drug-likeness (QED) is 0.657. The van der Waals surface area contributed by atoms with Crippen molar-refractivity contribution in [2.24, 2.45) is 12.8 Å². The Bertz CT molecular complexity index is 1000. The Hall–Kier alpha value is -3.40. The minimum absolute atomic E-state index is 0.00328. The molecule has 1 amide bonds. The summed E-state index contributed by atoms with van der Waals surface area (Å²) in [6, 6.07) is 8.62. The fraction of sp³-hybridized carbons (Fsp3) is 0.211. The lowest BCUT2D eigenvalue weighted by Gasteiger charge is -2.14. The number of hydrogen-bond acceptors (Lipinski definition) is 5. The van der Waals surface area contributed by atoms with E-state index in [-0.39, 0.29) is 5.56 Å². The summed E-state index contributed by atoms with van der Waals surface area (Å²) in [6.45, 7) is 0.651. The molecule has 0 saturated heterocycles. The lowest BCUT2D eigenvalue weighted by atomic mass is 10.1. The first-order valence-corrected chi connectivity index (χ1v) is 8.59. The molecule has 0 atom stereocenters. The lowest BCUT2D eigenvalue weighted by molar-refractivity contribution is -0.141. The number of hydrogen-bond donors (Lipinski definition) is 2. The van der Waals surface area contributed by atoms with Crippen molar-refractivity contribution in [2.45, 2.75) is 6.18 Å². The number of anilines is 1. The number of carbonyl (C=O) groups is 1. The molecule has 3 rings (SSSR count). The van der Waals surface area contributed by atoms with Gasteiger partial charge in [-0.2, -0.15) is 18.3 Å². The molecule has 0 spiro atoms. The van der Waals surface area contributed by atoms with Crippen LogP contribution in [0, 0.1) is 0 Å². The van der Waals surface area contributed by atoms with Crippen molar-refractivity contribution in [3.05, 3.63) is 60.0 Å². The van der Waals surface area contributed by atoms with Crippen LogP contribution in [0.25, 0.3) is 11.3 Å². The van der Waals surface area contributed by atoms with E-state index in [9.17, 15) is 18.0 Å². The Balaban J connectivity index is 1.85. The largest absolute Gasteiger partial charge is 0.492 e. The molecular formula is C19H18F3N5O2. The van der Waals surface area contributed by atoms with Crippen molar-refractivity contribution in [3.63, 3.8) is 0 Å². The zero-order valence-electron chi connectivity index (χ0n) is 15.4. The van der Waals surface area contributed by atoms with Gasteiger partial charge in [-0.1, -0.05) is 0 Å². The van der Waals surface area contributed by atoms with Gasteiger partial charge in [0, 0.05) is 37.2 Å². The van der Waals surface area contributed by atoms with Crippen LogP contribution in [0.2, 0.25) is 0 Å². The van der Waals surface area contributed by atoms with Crippen molar-refractivity contribution in [1.29, 1.82) is 0 Å². The van der Waals surface area contributed by atoms with E-state index in [1.165, 1.54) is 0 Å². The van der Waals surface area contributed by atoms with Gasteiger partial charge in [0.05, 0.1) is 11.3 Å². The van der Waals surface area contributed by atoms with E-state index in [1.54, 1.807) is 42.2 Å². The fourth-order valence-electron chi connectivity index (χ4n) is 2.64. The Kier molecular flexibility index (Phi) is 5.83. The van der Waals surface area contributed by atoms with Crippen LogP contribution in [-0.4, -0.2) is 33.8 Å². The number of nitrogens with zero attached hydrogens (tertiary/aromatic N) is 3. The summed E-state index contributed by atoms with van der Waals surface area (Å²) in [6.07, 6.45) is -2.05. The van der Waals surface area contributed by atoms with Crippen LogP contribution < -0.4 is 15.8 Å². The monoisotopic (exact) mass is 405 g/mol. The molecular weight excluding hydrogens is 387 g/mol. The molecule has 0 bridgehead atoms. The maximum absolute atomic E-state index is 12.6. The van der Waals surface area contributed by atoms with Gasteiger partial charge in [0.25, 0.3) is 5.91 Å². The van der Waals surface area contributed by atoms with Crippen molar-refractivity contribution < 1.29 is 22.7 Å². The number of rotatable bonds is 6. The van der Waals surface area contributed by atoms with Gasteiger partial charge in [0.1, 0.15) is 18.1 Å². The van der Waals surface area contributed by atoms with Crippen LogP contribution in [0.15, 0.2) is 48.8 Å². The molecule has 29 heavy (non-hydrogen) atoms. The highest BCUT2D eigenvalue weighted by molar-refractivity contribution is 6.04. The second-order valence-corrected chi connectivity index (χ2v) is 6.07. The Morgan fingerprint density at radius 3 is 2.62 bits per heavy atom. The van der Waals surface area contributed by atoms with E-state index in [0.717, 1.165) is 24.0 Å². The molecule has 0 saturated carbocycles. The molecule has 2 heterocycles. The lowest BCUT2D eigenvalue weighted by Crippen LogP contribution is -2.15. The van der Waals surface area contributed by atoms with E-state index >= 15 is 0 Å². The minimum Gasteiger partial charge on any atom is -0.492 e. The van der Waals surface area contributed by atoms with Crippen LogP contribution in [0.3, 0.4) is 0 Å². The van der Waals surface area contributed by atoms with E-state index in [0.29, 0.717) is 30.2 Å². The minimum atomic E-state index is -4.56. The Morgan fingerprint density at radius 2 is 2.03 bits per heavy atom. The van der Waals surface area contributed by atoms with Crippen LogP contribution >= 0.6 is 0 Å². The molecule has 10 heteroatoms. The first-order chi connectivity index (χ1) is 13.8. The number of aryl methyl sites for hydroxylation is 1. The summed E-state index contributed by atoms with van der Waals surface area (Å²) in [7, 11) is 1.77. The number of alkyl halides is 3. The standard InChI is InChI=1S/C19H18F3N5O2/c1-27-15(6-8-25-27)14-10-13(3-4-16(14)29-9-7-23)26-18(28)12-2-5-17(24-11-12)19(20,21)22/h2-6,8,10-11H,7,9,23H2,1H3,(H,26,28).